The normalized spacial score (nSPS) is 11.9. The fourth-order valence-corrected chi connectivity index (χ4v) is 4.60. The van der Waals surface area contributed by atoms with Crippen LogP contribution >= 0.6 is 15.9 Å². The molecule has 0 aliphatic rings. The summed E-state index contributed by atoms with van der Waals surface area (Å²) in [6.07, 6.45) is 2.77. The van der Waals surface area contributed by atoms with E-state index in [0.717, 1.165) is 33.4 Å². The van der Waals surface area contributed by atoms with E-state index in [9.17, 15) is 18.0 Å². The van der Waals surface area contributed by atoms with E-state index in [1.165, 1.54) is 31.3 Å². The summed E-state index contributed by atoms with van der Waals surface area (Å²) in [6, 6.07) is 11.2. The van der Waals surface area contributed by atoms with E-state index in [0.29, 0.717) is 18.0 Å². The van der Waals surface area contributed by atoms with Crippen molar-refractivity contribution in [3.63, 3.8) is 0 Å². The number of nitrogens with zero attached hydrogens (tertiary/aromatic N) is 2. The zero-order valence-electron chi connectivity index (χ0n) is 21.3. The molecular formula is C25H34BrN3O6S. The molecule has 1 atom stereocenters. The third-order valence-corrected chi connectivity index (χ3v) is 7.27. The van der Waals surface area contributed by atoms with Gasteiger partial charge in [0, 0.05) is 23.6 Å². The van der Waals surface area contributed by atoms with Gasteiger partial charge in [-0.1, -0.05) is 41.4 Å². The Bertz CT molecular complexity index is 1140. The first-order valence-electron chi connectivity index (χ1n) is 11.5. The van der Waals surface area contributed by atoms with Gasteiger partial charge in [-0.05, 0) is 43.2 Å². The van der Waals surface area contributed by atoms with Crippen molar-refractivity contribution in [1.82, 2.24) is 10.2 Å². The van der Waals surface area contributed by atoms with E-state index in [1.807, 2.05) is 31.2 Å². The lowest BCUT2D eigenvalue weighted by Gasteiger charge is -2.31. The number of amides is 2. The maximum Gasteiger partial charge on any atom is 0.244 e. The quantitative estimate of drug-likeness (QED) is 0.361. The van der Waals surface area contributed by atoms with Crippen LogP contribution in [0.25, 0.3) is 0 Å². The standard InChI is InChI=1S/C25H34BrN3O6S/c1-6-7-14-27-25(31)18(2)28(16-19-8-10-20(26)11-9-19)24(30)17-29(36(5,32)33)21-12-13-22(34-3)23(15-21)35-4/h8-13,15,18H,6-7,14,16-17H2,1-5H3,(H,27,31)/t18-/m0/s1. The molecule has 0 aliphatic carbocycles. The SMILES string of the molecule is CCCCNC(=O)[C@H](C)N(Cc1ccc(Br)cc1)C(=O)CN(c1ccc(OC)c(OC)c1)S(C)(=O)=O. The number of methoxy groups -OCH3 is 2. The number of nitrogens with one attached hydrogen (secondary N) is 1. The van der Waals surface area contributed by atoms with Gasteiger partial charge in [-0.3, -0.25) is 13.9 Å². The number of hydrogen-bond acceptors (Lipinski definition) is 6. The van der Waals surface area contributed by atoms with Gasteiger partial charge in [0.15, 0.2) is 11.5 Å². The molecule has 0 aromatic heterocycles. The number of carbonyl (C=O) groups excluding carboxylic acids is 2. The lowest BCUT2D eigenvalue weighted by Crippen LogP contribution is -2.51. The lowest BCUT2D eigenvalue weighted by molar-refractivity contribution is -0.139. The first-order valence-corrected chi connectivity index (χ1v) is 14.2. The largest absolute Gasteiger partial charge is 0.493 e. The Labute approximate surface area is 221 Å². The topological polar surface area (TPSA) is 105 Å². The predicted octanol–water partition coefficient (Wildman–Crippen LogP) is 3.57. The van der Waals surface area contributed by atoms with Crippen molar-refractivity contribution in [2.24, 2.45) is 0 Å². The van der Waals surface area contributed by atoms with Gasteiger partial charge in [-0.25, -0.2) is 8.42 Å². The minimum absolute atomic E-state index is 0.137. The van der Waals surface area contributed by atoms with Gasteiger partial charge >= 0.3 is 0 Å². The molecule has 0 saturated heterocycles. The molecule has 2 aromatic rings. The van der Waals surface area contributed by atoms with Crippen LogP contribution in [0.3, 0.4) is 0 Å². The van der Waals surface area contributed by atoms with Crippen molar-refractivity contribution in [1.29, 1.82) is 0 Å². The van der Waals surface area contributed by atoms with Crippen molar-refractivity contribution in [2.45, 2.75) is 39.3 Å². The highest BCUT2D eigenvalue weighted by molar-refractivity contribution is 9.10. The number of rotatable bonds is 13. The van der Waals surface area contributed by atoms with Crippen LogP contribution in [0, 0.1) is 0 Å². The average molecular weight is 585 g/mol. The Morgan fingerprint density at radius 1 is 1.06 bits per heavy atom. The van der Waals surface area contributed by atoms with E-state index < -0.39 is 28.5 Å². The van der Waals surface area contributed by atoms with Crippen molar-refractivity contribution < 1.29 is 27.5 Å². The summed E-state index contributed by atoms with van der Waals surface area (Å²) in [5.41, 5.74) is 1.05. The first-order chi connectivity index (χ1) is 17.0. The molecule has 2 rings (SSSR count). The van der Waals surface area contributed by atoms with Crippen molar-refractivity contribution in [3.8, 4) is 11.5 Å². The van der Waals surface area contributed by atoms with Gasteiger partial charge in [-0.15, -0.1) is 0 Å². The summed E-state index contributed by atoms with van der Waals surface area (Å²) in [5, 5.41) is 2.85. The highest BCUT2D eigenvalue weighted by Gasteiger charge is 2.30. The van der Waals surface area contributed by atoms with E-state index in [-0.39, 0.29) is 18.1 Å². The third-order valence-electron chi connectivity index (χ3n) is 5.60. The maximum absolute atomic E-state index is 13.6. The van der Waals surface area contributed by atoms with Crippen LogP contribution in [0.15, 0.2) is 46.9 Å². The molecule has 0 spiro atoms. The summed E-state index contributed by atoms with van der Waals surface area (Å²) in [4.78, 5) is 27.8. The van der Waals surface area contributed by atoms with Crippen molar-refractivity contribution >= 4 is 43.5 Å². The van der Waals surface area contributed by atoms with Crippen LogP contribution in [0.2, 0.25) is 0 Å². The summed E-state index contributed by atoms with van der Waals surface area (Å²) in [6.45, 7) is 3.81. The van der Waals surface area contributed by atoms with Crippen LogP contribution in [-0.4, -0.2) is 64.7 Å². The molecule has 0 heterocycles. The molecule has 1 N–H and O–H groups in total. The van der Waals surface area contributed by atoms with Crippen LogP contribution in [0.1, 0.15) is 32.3 Å². The molecule has 0 bridgehead atoms. The van der Waals surface area contributed by atoms with Crippen LogP contribution in [0.5, 0.6) is 11.5 Å². The smallest absolute Gasteiger partial charge is 0.244 e. The Hall–Kier alpha value is -2.79. The lowest BCUT2D eigenvalue weighted by atomic mass is 10.1. The van der Waals surface area contributed by atoms with Crippen molar-refractivity contribution in [3.05, 3.63) is 52.5 Å². The number of sulfonamides is 1. The predicted molar refractivity (Wildman–Crippen MR) is 144 cm³/mol. The molecule has 0 unspecified atom stereocenters. The van der Waals surface area contributed by atoms with Crippen LogP contribution in [0.4, 0.5) is 5.69 Å². The fourth-order valence-electron chi connectivity index (χ4n) is 3.50. The third kappa shape index (κ3) is 8.12. The number of hydrogen-bond donors (Lipinski definition) is 1. The number of unbranched alkanes of at least 4 members (excludes halogenated alkanes) is 1. The van der Waals surface area contributed by atoms with Gasteiger partial charge in [0.25, 0.3) is 0 Å². The molecule has 0 saturated carbocycles. The van der Waals surface area contributed by atoms with Crippen LogP contribution in [-0.2, 0) is 26.2 Å². The van der Waals surface area contributed by atoms with Gasteiger partial charge in [0.1, 0.15) is 12.6 Å². The van der Waals surface area contributed by atoms with Crippen molar-refractivity contribution in [2.75, 3.05) is 37.9 Å². The molecule has 2 amide bonds. The zero-order valence-corrected chi connectivity index (χ0v) is 23.7. The molecular weight excluding hydrogens is 550 g/mol. The minimum Gasteiger partial charge on any atom is -0.493 e. The minimum atomic E-state index is -3.85. The molecule has 198 valence electrons. The molecule has 2 aromatic carbocycles. The molecule has 0 fully saturated rings. The first kappa shape index (κ1) is 29.4. The van der Waals surface area contributed by atoms with E-state index in [4.69, 9.17) is 9.47 Å². The Morgan fingerprint density at radius 3 is 2.25 bits per heavy atom. The summed E-state index contributed by atoms with van der Waals surface area (Å²) in [7, 11) is -0.935. The zero-order chi connectivity index (χ0) is 26.9. The highest BCUT2D eigenvalue weighted by atomic mass is 79.9. The molecule has 11 heteroatoms. The second kappa shape index (κ2) is 13.5. The number of benzene rings is 2. The Kier molecular flexibility index (Phi) is 11.0. The number of anilines is 1. The second-order valence-electron chi connectivity index (χ2n) is 8.28. The number of carbonyl (C=O) groups is 2. The maximum atomic E-state index is 13.6. The monoisotopic (exact) mass is 583 g/mol. The van der Waals surface area contributed by atoms with Gasteiger partial charge < -0.3 is 19.7 Å². The molecule has 9 nitrogen and oxygen atoms in total. The summed E-state index contributed by atoms with van der Waals surface area (Å²) in [5.74, 6) is -0.0658. The van der Waals surface area contributed by atoms with Crippen LogP contribution < -0.4 is 19.1 Å². The van der Waals surface area contributed by atoms with E-state index in [2.05, 4.69) is 21.2 Å². The average Bonchev–Trinajstić information content (AvgIpc) is 2.85. The van der Waals surface area contributed by atoms with Gasteiger partial charge in [0.05, 0.1) is 26.2 Å². The summed E-state index contributed by atoms with van der Waals surface area (Å²) >= 11 is 3.39. The van der Waals surface area contributed by atoms with Gasteiger partial charge in [0.2, 0.25) is 21.8 Å². The number of ether oxygens (including phenoxy) is 2. The molecule has 0 radical (unpaired) electrons. The van der Waals surface area contributed by atoms with E-state index in [1.54, 1.807) is 13.0 Å². The molecule has 0 aliphatic heterocycles. The fraction of sp³-hybridized carbons (Fsp3) is 0.440. The highest BCUT2D eigenvalue weighted by Crippen LogP contribution is 2.32. The summed E-state index contributed by atoms with van der Waals surface area (Å²) < 4.78 is 37.8. The molecule has 36 heavy (non-hydrogen) atoms. The Morgan fingerprint density at radius 2 is 1.69 bits per heavy atom. The second-order valence-corrected chi connectivity index (χ2v) is 11.1. The number of halogens is 1. The van der Waals surface area contributed by atoms with Gasteiger partial charge in [-0.2, -0.15) is 0 Å². The Balaban J connectivity index is 2.39. The van der Waals surface area contributed by atoms with E-state index >= 15 is 0 Å².